The average molecular weight is 665 g/mol. The zero-order valence-corrected chi connectivity index (χ0v) is 26.6. The molecule has 4 fully saturated rings. The lowest BCUT2D eigenvalue weighted by Gasteiger charge is -2.53. The van der Waals surface area contributed by atoms with Crippen molar-refractivity contribution < 1.29 is 32.9 Å². The first-order chi connectivity index (χ1) is 23.3. The predicted molar refractivity (Wildman–Crippen MR) is 170 cm³/mol. The Kier molecular flexibility index (Phi) is 9.13. The lowest BCUT2D eigenvalue weighted by Crippen LogP contribution is -2.68. The predicted octanol–water partition coefficient (Wildman–Crippen LogP) is 3.14. The molecule has 48 heavy (non-hydrogen) atoms. The van der Waals surface area contributed by atoms with Gasteiger partial charge in [-0.3, -0.25) is 4.90 Å². The Balaban J connectivity index is 1.17. The van der Waals surface area contributed by atoms with Crippen molar-refractivity contribution in [3.05, 3.63) is 42.0 Å². The SMILES string of the molecule is C[C@@H]1N(c2cc(C#CCN3CCCCC3)cnc2O[C@H]2C[C@@H](C(=O)O)N(c3nc(-c4ccc[nH]4)nc(C(F)F)n3)C2)CCOC12COC2. The fraction of sp³-hybridized carbons (Fsp3) is 0.545. The molecule has 15 heteroatoms. The molecule has 3 aromatic heterocycles. The normalized spacial score (nSPS) is 24.0. The molecule has 0 saturated carbocycles. The van der Waals surface area contributed by atoms with Crippen LogP contribution in [-0.2, 0) is 14.3 Å². The standard InChI is InChI=1S/C33H38F2N8O5/c1-21-33(19-46-20-33)47-14-13-42(21)25-15-22(7-6-12-41-10-3-2-4-11-41)17-37-30(25)48-23-16-26(31(44)45)43(18-23)32-39-28(24-8-5-9-36-24)38-29(40-32)27(34)35/h5,8-9,15,17,21,23,26-27,36H,2-4,10-14,16,18-20H2,1H3,(H,44,45)/t21-,23-,26-/m0/s1. The van der Waals surface area contributed by atoms with Gasteiger partial charge >= 0.3 is 5.97 Å². The number of nitrogens with one attached hydrogen (secondary N) is 1. The number of rotatable bonds is 8. The lowest BCUT2D eigenvalue weighted by atomic mass is 9.90. The number of carbonyl (C=O) groups is 1. The largest absolute Gasteiger partial charge is 0.480 e. The second kappa shape index (κ2) is 13.6. The third-order valence-electron chi connectivity index (χ3n) is 9.53. The van der Waals surface area contributed by atoms with E-state index < -0.39 is 36.0 Å². The lowest BCUT2D eigenvalue weighted by molar-refractivity contribution is -0.228. The van der Waals surface area contributed by atoms with Crippen molar-refractivity contribution in [2.75, 3.05) is 62.3 Å². The molecule has 13 nitrogen and oxygen atoms in total. The molecule has 0 bridgehead atoms. The maximum atomic E-state index is 13.9. The van der Waals surface area contributed by atoms with Gasteiger partial charge in [-0.25, -0.2) is 23.5 Å². The van der Waals surface area contributed by atoms with Gasteiger partial charge in [-0.05, 0) is 51.1 Å². The number of hydrogen-bond acceptors (Lipinski definition) is 11. The van der Waals surface area contributed by atoms with Crippen molar-refractivity contribution in [3.8, 4) is 29.2 Å². The molecule has 4 aliphatic rings. The third-order valence-corrected chi connectivity index (χ3v) is 9.53. The number of likely N-dealkylation sites (tertiary alicyclic amines) is 1. The van der Waals surface area contributed by atoms with Gasteiger partial charge in [-0.15, -0.1) is 0 Å². The Hall–Kier alpha value is -4.39. The zero-order chi connectivity index (χ0) is 33.3. The molecule has 254 valence electrons. The highest BCUT2D eigenvalue weighted by Gasteiger charge is 2.50. The molecular weight excluding hydrogens is 626 g/mol. The van der Waals surface area contributed by atoms with Crippen molar-refractivity contribution in [1.29, 1.82) is 0 Å². The maximum Gasteiger partial charge on any atom is 0.326 e. The number of pyridine rings is 1. The summed E-state index contributed by atoms with van der Waals surface area (Å²) in [5.74, 6) is 4.83. The van der Waals surface area contributed by atoms with Gasteiger partial charge in [0.25, 0.3) is 6.43 Å². The van der Waals surface area contributed by atoms with Gasteiger partial charge in [0.05, 0.1) is 44.6 Å². The molecule has 0 radical (unpaired) electrons. The van der Waals surface area contributed by atoms with Crippen LogP contribution in [0.2, 0.25) is 0 Å². The number of carboxylic acid groups (broad SMARTS) is 1. The summed E-state index contributed by atoms with van der Waals surface area (Å²) in [6, 6.07) is 4.11. The van der Waals surface area contributed by atoms with Crippen molar-refractivity contribution in [2.45, 2.75) is 62.8 Å². The first kappa shape index (κ1) is 32.2. The van der Waals surface area contributed by atoms with Crippen LogP contribution in [0.3, 0.4) is 0 Å². The minimum Gasteiger partial charge on any atom is -0.480 e. The van der Waals surface area contributed by atoms with Crippen LogP contribution in [0, 0.1) is 11.8 Å². The minimum absolute atomic E-state index is 0.00930. The van der Waals surface area contributed by atoms with Gasteiger partial charge in [-0.1, -0.05) is 18.3 Å². The molecule has 4 aliphatic heterocycles. The minimum atomic E-state index is -2.98. The van der Waals surface area contributed by atoms with Crippen LogP contribution < -0.4 is 14.5 Å². The summed E-state index contributed by atoms with van der Waals surface area (Å²) in [5, 5.41) is 10.2. The number of carboxylic acids is 1. The van der Waals surface area contributed by atoms with Crippen molar-refractivity contribution >= 4 is 17.6 Å². The van der Waals surface area contributed by atoms with E-state index in [1.165, 1.54) is 24.2 Å². The number of ether oxygens (including phenoxy) is 3. The fourth-order valence-electron chi connectivity index (χ4n) is 6.77. The van der Waals surface area contributed by atoms with Crippen LogP contribution in [0.15, 0.2) is 30.6 Å². The van der Waals surface area contributed by atoms with Crippen LogP contribution in [0.4, 0.5) is 20.4 Å². The zero-order valence-electron chi connectivity index (χ0n) is 26.6. The van der Waals surface area contributed by atoms with Gasteiger partial charge in [0.2, 0.25) is 17.7 Å². The van der Waals surface area contributed by atoms with E-state index in [1.807, 2.05) is 6.07 Å². The summed E-state index contributed by atoms with van der Waals surface area (Å²) >= 11 is 0. The van der Waals surface area contributed by atoms with E-state index in [1.54, 1.807) is 24.5 Å². The van der Waals surface area contributed by atoms with Gasteiger partial charge in [0.15, 0.2) is 5.82 Å². The first-order valence-electron chi connectivity index (χ1n) is 16.3. The summed E-state index contributed by atoms with van der Waals surface area (Å²) in [6.45, 7) is 6.95. The Bertz CT molecular complexity index is 1670. The molecule has 3 aromatic rings. The molecule has 7 rings (SSSR count). The highest BCUT2D eigenvalue weighted by Crippen LogP contribution is 2.39. The molecule has 1 spiro atoms. The fourth-order valence-corrected chi connectivity index (χ4v) is 6.77. The summed E-state index contributed by atoms with van der Waals surface area (Å²) < 4.78 is 45.9. The Labute approximate surface area is 276 Å². The third kappa shape index (κ3) is 6.52. The van der Waals surface area contributed by atoms with Gasteiger partial charge in [0, 0.05) is 30.9 Å². The average Bonchev–Trinajstić information content (AvgIpc) is 3.77. The van der Waals surface area contributed by atoms with Crippen LogP contribution in [0.5, 0.6) is 5.88 Å². The summed E-state index contributed by atoms with van der Waals surface area (Å²) in [5.41, 5.74) is 1.43. The van der Waals surface area contributed by atoms with Crippen LogP contribution in [0.25, 0.3) is 11.5 Å². The number of morpholine rings is 1. The molecule has 0 unspecified atom stereocenters. The summed E-state index contributed by atoms with van der Waals surface area (Å²) in [6.07, 6.45) is 3.34. The highest BCUT2D eigenvalue weighted by atomic mass is 19.3. The molecule has 7 heterocycles. The molecular formula is C33H38F2N8O5. The molecule has 2 N–H and O–H groups in total. The number of alkyl halides is 2. The van der Waals surface area contributed by atoms with E-state index in [0.717, 1.165) is 24.3 Å². The van der Waals surface area contributed by atoms with Crippen LogP contribution >= 0.6 is 0 Å². The van der Waals surface area contributed by atoms with Gasteiger partial charge in [0.1, 0.15) is 23.4 Å². The monoisotopic (exact) mass is 664 g/mol. The summed E-state index contributed by atoms with van der Waals surface area (Å²) in [7, 11) is 0. The molecule has 0 aliphatic carbocycles. The topological polar surface area (TPSA) is 142 Å². The van der Waals surface area contributed by atoms with E-state index in [0.29, 0.717) is 44.5 Å². The van der Waals surface area contributed by atoms with E-state index >= 15 is 0 Å². The molecule has 3 atom stereocenters. The number of nitrogens with zero attached hydrogens (tertiary/aromatic N) is 7. The van der Waals surface area contributed by atoms with Crippen LogP contribution in [-0.4, -0.2) is 117 Å². The van der Waals surface area contributed by atoms with Crippen molar-refractivity contribution in [3.63, 3.8) is 0 Å². The number of hydrogen-bond donors (Lipinski definition) is 2. The number of anilines is 2. The number of aromatic amines is 1. The van der Waals surface area contributed by atoms with Crippen molar-refractivity contribution in [2.24, 2.45) is 0 Å². The molecule has 0 aromatic carbocycles. The van der Waals surface area contributed by atoms with Crippen LogP contribution in [0.1, 0.15) is 50.4 Å². The number of H-pyrrole nitrogens is 1. The number of aliphatic carboxylic acids is 1. The summed E-state index contributed by atoms with van der Waals surface area (Å²) in [4.78, 5) is 38.2. The smallest absolute Gasteiger partial charge is 0.326 e. The van der Waals surface area contributed by atoms with E-state index in [-0.39, 0.29) is 30.8 Å². The van der Waals surface area contributed by atoms with E-state index in [4.69, 9.17) is 19.2 Å². The Morgan fingerprint density at radius 2 is 2.02 bits per heavy atom. The van der Waals surface area contributed by atoms with Crippen molar-refractivity contribution in [1.82, 2.24) is 29.8 Å². The quantitative estimate of drug-likeness (QED) is 0.342. The maximum absolute atomic E-state index is 13.9. The van der Waals surface area contributed by atoms with E-state index in [9.17, 15) is 18.7 Å². The van der Waals surface area contributed by atoms with E-state index in [2.05, 4.69) is 48.5 Å². The Morgan fingerprint density at radius 1 is 1.19 bits per heavy atom. The second-order valence-electron chi connectivity index (χ2n) is 12.6. The second-order valence-corrected chi connectivity index (χ2v) is 12.6. The number of halogens is 2. The highest BCUT2D eigenvalue weighted by molar-refractivity contribution is 5.78. The molecule has 4 saturated heterocycles. The van der Waals surface area contributed by atoms with Gasteiger partial charge in [-0.2, -0.15) is 9.97 Å². The Morgan fingerprint density at radius 3 is 2.73 bits per heavy atom. The van der Waals surface area contributed by atoms with Gasteiger partial charge < -0.3 is 34.1 Å². The number of aromatic nitrogens is 5. The number of piperidine rings is 1. The first-order valence-corrected chi connectivity index (χ1v) is 16.3. The molecule has 0 amide bonds.